The highest BCUT2D eigenvalue weighted by Crippen LogP contribution is 2.56. The van der Waals surface area contributed by atoms with Crippen molar-refractivity contribution in [3.8, 4) is 5.75 Å². The molecule has 42 heavy (non-hydrogen) atoms. The van der Waals surface area contributed by atoms with Crippen molar-refractivity contribution >= 4 is 54.1 Å². The summed E-state index contributed by atoms with van der Waals surface area (Å²) in [6, 6.07) is 8.28. The molecule has 2 amide bonds. The molecule has 2 N–H and O–H groups in total. The maximum absolute atomic E-state index is 13.0. The molecule has 2 unspecified atom stereocenters. The number of phosphoric acid groups is 1. The number of Topliss-reactive ketones (excluding diaryl/α,β-unsaturated/α-hetero) is 2. The van der Waals surface area contributed by atoms with Gasteiger partial charge in [0.1, 0.15) is 11.5 Å². The monoisotopic (exact) mass is 628 g/mol. The summed E-state index contributed by atoms with van der Waals surface area (Å²) < 4.78 is 33.7. The summed E-state index contributed by atoms with van der Waals surface area (Å²) in [4.78, 5) is 72.4. The first kappa shape index (κ1) is 35.1. The predicted octanol–water partition coefficient (Wildman–Crippen LogP) is 2.62. The first-order valence-electron chi connectivity index (χ1n) is 13.3. The molecule has 0 spiro atoms. The van der Waals surface area contributed by atoms with Gasteiger partial charge in [0.15, 0.2) is 17.0 Å². The molecular formula is C27H37N2O11PS. The van der Waals surface area contributed by atoms with Crippen LogP contribution >= 0.6 is 19.6 Å². The summed E-state index contributed by atoms with van der Waals surface area (Å²) in [6.07, 6.45) is -1.93. The molecule has 232 valence electrons. The van der Waals surface area contributed by atoms with E-state index < -0.39 is 60.2 Å². The van der Waals surface area contributed by atoms with Gasteiger partial charge >= 0.3 is 13.8 Å². The number of esters is 1. The van der Waals surface area contributed by atoms with Crippen molar-refractivity contribution in [1.29, 1.82) is 0 Å². The zero-order valence-electron chi connectivity index (χ0n) is 24.0. The Morgan fingerprint density at radius 3 is 2.38 bits per heavy atom. The van der Waals surface area contributed by atoms with Crippen molar-refractivity contribution in [3.05, 3.63) is 30.3 Å². The van der Waals surface area contributed by atoms with Crippen molar-refractivity contribution < 1.29 is 51.6 Å². The highest BCUT2D eigenvalue weighted by Gasteiger charge is 2.49. The zero-order valence-corrected chi connectivity index (χ0v) is 25.8. The van der Waals surface area contributed by atoms with Crippen molar-refractivity contribution in [1.82, 2.24) is 10.6 Å². The van der Waals surface area contributed by atoms with E-state index in [9.17, 15) is 33.3 Å². The molecule has 13 nitrogen and oxygen atoms in total. The Morgan fingerprint density at radius 2 is 1.71 bits per heavy atom. The number of carbonyl (C=O) groups is 6. The van der Waals surface area contributed by atoms with Crippen molar-refractivity contribution in [3.63, 3.8) is 0 Å². The van der Waals surface area contributed by atoms with Gasteiger partial charge in [0.05, 0.1) is 32.5 Å². The number of rotatable bonds is 16. The van der Waals surface area contributed by atoms with Gasteiger partial charge in [-0.25, -0.2) is 4.57 Å². The average molecular weight is 629 g/mol. The number of hydrogen-bond donors (Lipinski definition) is 2. The van der Waals surface area contributed by atoms with Crippen molar-refractivity contribution in [2.24, 2.45) is 11.3 Å². The highest BCUT2D eigenvalue weighted by molar-refractivity contribution is 8.13. The number of ketones is 2. The number of phosphoric ester groups is 1. The van der Waals surface area contributed by atoms with Crippen LogP contribution in [-0.2, 0) is 47.1 Å². The Kier molecular flexibility index (Phi) is 13.8. The first-order chi connectivity index (χ1) is 19.8. The van der Waals surface area contributed by atoms with Gasteiger partial charge in [-0.2, -0.15) is 0 Å². The van der Waals surface area contributed by atoms with Gasteiger partial charge in [-0.15, -0.1) is 0 Å². The molecule has 1 aliphatic heterocycles. The Morgan fingerprint density at radius 1 is 1.02 bits per heavy atom. The summed E-state index contributed by atoms with van der Waals surface area (Å²) in [6.45, 7) is 4.89. The van der Waals surface area contributed by atoms with Crippen LogP contribution in [0.1, 0.15) is 46.5 Å². The van der Waals surface area contributed by atoms with Gasteiger partial charge in [-0.1, -0.05) is 43.8 Å². The minimum Gasteiger partial charge on any atom is -0.469 e. The van der Waals surface area contributed by atoms with Gasteiger partial charge in [-0.3, -0.25) is 37.8 Å². The van der Waals surface area contributed by atoms with E-state index in [1.54, 1.807) is 44.2 Å². The SMILES string of the molecule is COC(=O)CCC(=O)C(C)C(=O)CC(=O)SCCNC(=O)CCNC(=O)[C@@H]1OP(=O)(Oc2ccccc2)OCC1(C)C. The molecule has 3 atom stereocenters. The molecule has 1 heterocycles. The van der Waals surface area contributed by atoms with Crippen LogP contribution in [0.15, 0.2) is 30.3 Å². The number of para-hydroxylation sites is 1. The van der Waals surface area contributed by atoms with Crippen LogP contribution in [0.5, 0.6) is 5.75 Å². The van der Waals surface area contributed by atoms with E-state index in [0.29, 0.717) is 0 Å². The molecule has 15 heteroatoms. The van der Waals surface area contributed by atoms with Gasteiger partial charge in [0.25, 0.3) is 5.91 Å². The molecule has 0 aliphatic carbocycles. The number of ether oxygens (including phenoxy) is 1. The van der Waals surface area contributed by atoms with E-state index in [1.807, 2.05) is 0 Å². The normalized spacial score (nSPS) is 20.0. The van der Waals surface area contributed by atoms with Gasteiger partial charge < -0.3 is 19.9 Å². The summed E-state index contributed by atoms with van der Waals surface area (Å²) >= 11 is 0.849. The number of benzene rings is 1. The highest BCUT2D eigenvalue weighted by atomic mass is 32.2. The summed E-state index contributed by atoms with van der Waals surface area (Å²) in [5, 5.41) is 4.77. The third-order valence-corrected chi connectivity index (χ3v) is 8.39. The molecule has 1 aromatic carbocycles. The van der Waals surface area contributed by atoms with E-state index >= 15 is 0 Å². The van der Waals surface area contributed by atoms with Crippen molar-refractivity contribution in [2.75, 3.05) is 32.6 Å². The quantitative estimate of drug-likeness (QED) is 0.118. The Labute approximate surface area is 248 Å². The van der Waals surface area contributed by atoms with E-state index in [2.05, 4.69) is 15.4 Å². The van der Waals surface area contributed by atoms with Crippen LogP contribution in [0, 0.1) is 11.3 Å². The largest absolute Gasteiger partial charge is 0.530 e. The average Bonchev–Trinajstić information content (AvgIpc) is 2.95. The molecule has 0 bridgehead atoms. The fraction of sp³-hybridized carbons (Fsp3) is 0.556. The summed E-state index contributed by atoms with van der Waals surface area (Å²) in [7, 11) is -2.86. The Bertz CT molecular complexity index is 1190. The van der Waals surface area contributed by atoms with Crippen LogP contribution in [0.3, 0.4) is 0 Å². The second kappa shape index (κ2) is 16.5. The third kappa shape index (κ3) is 11.7. The maximum atomic E-state index is 13.0. The van der Waals surface area contributed by atoms with Gasteiger partial charge in [0, 0.05) is 37.1 Å². The molecule has 0 saturated carbocycles. The van der Waals surface area contributed by atoms with Crippen LogP contribution < -0.4 is 15.2 Å². The standard InChI is InChI=1S/C27H37N2O11PS/c1-18(20(30)10-11-23(33)37-4)21(31)16-24(34)42-15-14-28-22(32)12-13-29-26(35)25-27(2,3)17-38-41(36,40-25)39-19-8-6-5-7-9-19/h5-9,18,25H,10-17H2,1-4H3,(H,28,32)(H,29,35)/t18?,25-,41?/m0/s1. The predicted molar refractivity (Wildman–Crippen MR) is 152 cm³/mol. The lowest BCUT2D eigenvalue weighted by molar-refractivity contribution is -0.143. The number of methoxy groups -OCH3 is 1. The van der Waals surface area contributed by atoms with E-state index in [1.165, 1.54) is 14.0 Å². The van der Waals surface area contributed by atoms with Crippen molar-refractivity contribution in [2.45, 2.75) is 52.6 Å². The molecule has 2 rings (SSSR count). The van der Waals surface area contributed by atoms with Crippen LogP contribution in [0.4, 0.5) is 0 Å². The minimum atomic E-state index is -4.06. The number of amides is 2. The first-order valence-corrected chi connectivity index (χ1v) is 15.7. The molecule has 0 aromatic heterocycles. The topological polar surface area (TPSA) is 180 Å². The molecule has 1 fully saturated rings. The third-order valence-electron chi connectivity index (χ3n) is 6.16. The number of thioether (sulfide) groups is 1. The van der Waals surface area contributed by atoms with Crippen LogP contribution in [-0.4, -0.2) is 73.1 Å². The fourth-order valence-corrected chi connectivity index (χ4v) is 5.93. The lowest BCUT2D eigenvalue weighted by atomic mass is 9.87. The number of hydrogen-bond acceptors (Lipinski definition) is 12. The molecule has 0 radical (unpaired) electrons. The molecule has 1 saturated heterocycles. The van der Waals surface area contributed by atoms with Gasteiger partial charge in [-0.05, 0) is 19.1 Å². The second-order valence-electron chi connectivity index (χ2n) is 10.1. The molecule has 1 aliphatic rings. The molecule has 1 aromatic rings. The van der Waals surface area contributed by atoms with E-state index in [0.717, 1.165) is 11.8 Å². The van der Waals surface area contributed by atoms with Crippen LogP contribution in [0.25, 0.3) is 0 Å². The summed E-state index contributed by atoms with van der Waals surface area (Å²) in [5.41, 5.74) is -0.820. The van der Waals surface area contributed by atoms with E-state index in [4.69, 9.17) is 13.6 Å². The van der Waals surface area contributed by atoms with Gasteiger partial charge in [0.2, 0.25) is 5.91 Å². The number of carbonyl (C=O) groups excluding carboxylic acids is 6. The zero-order chi connectivity index (χ0) is 31.3. The number of nitrogens with one attached hydrogen (secondary N) is 2. The second-order valence-corrected chi connectivity index (χ2v) is 12.8. The Balaban J connectivity index is 1.68. The van der Waals surface area contributed by atoms with Crippen LogP contribution in [0.2, 0.25) is 0 Å². The lowest BCUT2D eigenvalue weighted by Crippen LogP contribution is -2.50. The molecular weight excluding hydrogens is 591 g/mol. The minimum absolute atomic E-state index is 0.0201. The fourth-order valence-electron chi connectivity index (χ4n) is 3.59. The van der Waals surface area contributed by atoms with E-state index in [-0.39, 0.29) is 56.4 Å². The smallest absolute Gasteiger partial charge is 0.469 e. The Hall–Kier alpha value is -3.06. The summed E-state index contributed by atoms with van der Waals surface area (Å²) in [5.74, 6) is -3.03. The maximum Gasteiger partial charge on any atom is 0.530 e. The lowest BCUT2D eigenvalue weighted by Gasteiger charge is -2.39.